The third-order valence-corrected chi connectivity index (χ3v) is 5.41. The molecule has 0 aliphatic carbocycles. The van der Waals surface area contributed by atoms with Crippen LogP contribution >= 0.6 is 0 Å². The standard InChI is InChI=1S/C17H23N7O/c1-12-10-18-11-19-15(12)13-5-8-23(9-6-13)17(25)14-4-2-3-7-24-16(14)20-21-22-24/h10-11,13-14H,2-9H2,1H3/t14-/m1/s1. The summed E-state index contributed by atoms with van der Waals surface area (Å²) in [4.78, 5) is 23.6. The molecular formula is C17H23N7O. The molecule has 8 heteroatoms. The molecule has 2 aromatic heterocycles. The topological polar surface area (TPSA) is 89.7 Å². The van der Waals surface area contributed by atoms with Crippen molar-refractivity contribution >= 4 is 5.91 Å². The monoisotopic (exact) mass is 341 g/mol. The van der Waals surface area contributed by atoms with E-state index in [4.69, 9.17) is 0 Å². The molecule has 4 heterocycles. The molecule has 132 valence electrons. The Morgan fingerprint density at radius 2 is 2.00 bits per heavy atom. The van der Waals surface area contributed by atoms with Crippen molar-refractivity contribution in [1.82, 2.24) is 35.1 Å². The highest BCUT2D eigenvalue weighted by Crippen LogP contribution is 2.31. The van der Waals surface area contributed by atoms with E-state index in [1.54, 1.807) is 11.0 Å². The van der Waals surface area contributed by atoms with Crippen LogP contribution in [-0.2, 0) is 11.3 Å². The number of aryl methyl sites for hydroxylation is 2. The highest BCUT2D eigenvalue weighted by Gasteiger charge is 2.34. The van der Waals surface area contributed by atoms with Gasteiger partial charge >= 0.3 is 0 Å². The highest BCUT2D eigenvalue weighted by atomic mass is 16.2. The van der Waals surface area contributed by atoms with Gasteiger partial charge < -0.3 is 4.90 Å². The molecule has 0 aromatic carbocycles. The van der Waals surface area contributed by atoms with Gasteiger partial charge in [0.2, 0.25) is 5.91 Å². The van der Waals surface area contributed by atoms with Gasteiger partial charge in [0, 0.05) is 37.4 Å². The van der Waals surface area contributed by atoms with Crippen molar-refractivity contribution in [2.45, 2.75) is 57.4 Å². The van der Waals surface area contributed by atoms with Crippen LogP contribution in [0.25, 0.3) is 0 Å². The average Bonchev–Trinajstić information content (AvgIpc) is 3.01. The lowest BCUT2D eigenvalue weighted by Gasteiger charge is -2.34. The Hall–Kier alpha value is -2.38. The van der Waals surface area contributed by atoms with Gasteiger partial charge in [-0.1, -0.05) is 6.42 Å². The minimum absolute atomic E-state index is 0.177. The molecule has 1 saturated heterocycles. The zero-order valence-electron chi connectivity index (χ0n) is 14.5. The van der Waals surface area contributed by atoms with Crippen molar-refractivity contribution < 1.29 is 4.79 Å². The van der Waals surface area contributed by atoms with E-state index < -0.39 is 0 Å². The molecule has 0 radical (unpaired) electrons. The van der Waals surface area contributed by atoms with Crippen LogP contribution in [0.3, 0.4) is 0 Å². The molecule has 1 amide bonds. The number of rotatable bonds is 2. The maximum atomic E-state index is 13.1. The lowest BCUT2D eigenvalue weighted by atomic mass is 9.90. The molecular weight excluding hydrogens is 318 g/mol. The van der Waals surface area contributed by atoms with Crippen LogP contribution in [0.1, 0.15) is 61.0 Å². The Morgan fingerprint density at radius 3 is 2.80 bits per heavy atom. The van der Waals surface area contributed by atoms with Gasteiger partial charge in [0.05, 0.1) is 5.92 Å². The molecule has 0 saturated carbocycles. The van der Waals surface area contributed by atoms with Crippen LogP contribution in [0.15, 0.2) is 12.5 Å². The predicted molar refractivity (Wildman–Crippen MR) is 89.7 cm³/mol. The van der Waals surface area contributed by atoms with Gasteiger partial charge in [-0.2, -0.15) is 0 Å². The van der Waals surface area contributed by atoms with Crippen LogP contribution in [-0.4, -0.2) is 54.1 Å². The summed E-state index contributed by atoms with van der Waals surface area (Å²) in [7, 11) is 0. The zero-order chi connectivity index (χ0) is 17.2. The Bertz CT molecular complexity index is 751. The van der Waals surface area contributed by atoms with Gasteiger partial charge in [-0.15, -0.1) is 5.10 Å². The molecule has 2 aromatic rings. The third kappa shape index (κ3) is 3.12. The first-order valence-electron chi connectivity index (χ1n) is 9.05. The number of piperidine rings is 1. The highest BCUT2D eigenvalue weighted by molar-refractivity contribution is 5.83. The van der Waals surface area contributed by atoms with Gasteiger partial charge in [0.1, 0.15) is 6.33 Å². The molecule has 0 unspecified atom stereocenters. The number of likely N-dealkylation sites (tertiary alicyclic amines) is 1. The van der Waals surface area contributed by atoms with Crippen LogP contribution in [0.5, 0.6) is 0 Å². The van der Waals surface area contributed by atoms with Crippen molar-refractivity contribution in [2.24, 2.45) is 0 Å². The summed E-state index contributed by atoms with van der Waals surface area (Å²) < 4.78 is 1.80. The van der Waals surface area contributed by atoms with Crippen LogP contribution < -0.4 is 0 Å². The number of carbonyl (C=O) groups is 1. The number of aromatic nitrogens is 6. The normalized spacial score (nSPS) is 21.6. The molecule has 25 heavy (non-hydrogen) atoms. The van der Waals surface area contributed by atoms with Crippen LogP contribution in [0, 0.1) is 6.92 Å². The lowest BCUT2D eigenvalue weighted by Crippen LogP contribution is -2.41. The van der Waals surface area contributed by atoms with Gasteiger partial charge in [-0.25, -0.2) is 14.6 Å². The smallest absolute Gasteiger partial charge is 0.233 e. The summed E-state index contributed by atoms with van der Waals surface area (Å²) in [5, 5.41) is 11.9. The summed E-state index contributed by atoms with van der Waals surface area (Å²) in [5.74, 6) is 1.12. The van der Waals surface area contributed by atoms with E-state index in [1.165, 1.54) is 0 Å². The minimum atomic E-state index is -0.199. The largest absolute Gasteiger partial charge is 0.342 e. The lowest BCUT2D eigenvalue weighted by molar-refractivity contribution is -0.134. The van der Waals surface area contributed by atoms with Crippen LogP contribution in [0.2, 0.25) is 0 Å². The third-order valence-electron chi connectivity index (χ3n) is 5.41. The molecule has 2 aliphatic heterocycles. The van der Waals surface area contributed by atoms with E-state index in [2.05, 4.69) is 32.4 Å². The number of amides is 1. The van der Waals surface area contributed by atoms with E-state index in [-0.39, 0.29) is 11.8 Å². The van der Waals surface area contributed by atoms with Gasteiger partial charge in [-0.05, 0) is 48.6 Å². The van der Waals surface area contributed by atoms with Crippen molar-refractivity contribution in [1.29, 1.82) is 0 Å². The second-order valence-electron chi connectivity index (χ2n) is 7.00. The van der Waals surface area contributed by atoms with Gasteiger partial charge in [0.15, 0.2) is 5.82 Å². The Labute approximate surface area is 146 Å². The summed E-state index contributed by atoms with van der Waals surface area (Å²) in [5.41, 5.74) is 2.26. The number of tetrazole rings is 1. The SMILES string of the molecule is Cc1cncnc1C1CCN(C(=O)[C@@H]2CCCCn3nnnc32)CC1. The van der Waals surface area contributed by atoms with Gasteiger partial charge in [-0.3, -0.25) is 4.79 Å². The molecule has 2 aliphatic rings. The Morgan fingerprint density at radius 1 is 1.16 bits per heavy atom. The fourth-order valence-electron chi connectivity index (χ4n) is 4.02. The Balaban J connectivity index is 1.44. The first-order chi connectivity index (χ1) is 12.2. The molecule has 0 spiro atoms. The molecule has 4 rings (SSSR count). The summed E-state index contributed by atoms with van der Waals surface area (Å²) in [6.45, 7) is 4.40. The number of fused-ring (bicyclic) bond motifs is 1. The second kappa shape index (κ2) is 6.85. The summed E-state index contributed by atoms with van der Waals surface area (Å²) in [6, 6.07) is 0. The van der Waals surface area contributed by atoms with Crippen molar-refractivity contribution in [2.75, 3.05) is 13.1 Å². The van der Waals surface area contributed by atoms with Crippen LogP contribution in [0.4, 0.5) is 0 Å². The minimum Gasteiger partial charge on any atom is -0.342 e. The molecule has 8 nitrogen and oxygen atoms in total. The summed E-state index contributed by atoms with van der Waals surface area (Å²) >= 11 is 0. The second-order valence-corrected chi connectivity index (χ2v) is 7.00. The Kier molecular flexibility index (Phi) is 4.42. The van der Waals surface area contributed by atoms with E-state index in [1.807, 2.05) is 11.1 Å². The fourth-order valence-corrected chi connectivity index (χ4v) is 4.02. The van der Waals surface area contributed by atoms with Crippen molar-refractivity contribution in [3.63, 3.8) is 0 Å². The zero-order valence-corrected chi connectivity index (χ0v) is 14.5. The average molecular weight is 341 g/mol. The maximum Gasteiger partial charge on any atom is 0.233 e. The maximum absolute atomic E-state index is 13.1. The van der Waals surface area contributed by atoms with E-state index >= 15 is 0 Å². The van der Waals surface area contributed by atoms with E-state index in [9.17, 15) is 4.79 Å². The quantitative estimate of drug-likeness (QED) is 0.821. The van der Waals surface area contributed by atoms with Gasteiger partial charge in [0.25, 0.3) is 0 Å². The number of hydrogen-bond acceptors (Lipinski definition) is 6. The van der Waals surface area contributed by atoms with E-state index in [0.717, 1.165) is 68.8 Å². The summed E-state index contributed by atoms with van der Waals surface area (Å²) in [6.07, 6.45) is 8.26. The van der Waals surface area contributed by atoms with E-state index in [0.29, 0.717) is 5.92 Å². The molecule has 0 bridgehead atoms. The molecule has 1 fully saturated rings. The number of hydrogen-bond donors (Lipinski definition) is 0. The first-order valence-corrected chi connectivity index (χ1v) is 9.05. The predicted octanol–water partition coefficient (Wildman–Crippen LogP) is 1.45. The molecule has 1 atom stereocenters. The molecule has 0 N–H and O–H groups in total. The van der Waals surface area contributed by atoms with Crippen molar-refractivity contribution in [3.05, 3.63) is 29.6 Å². The van der Waals surface area contributed by atoms with Crippen molar-refractivity contribution in [3.8, 4) is 0 Å². The number of carbonyl (C=O) groups excluding carboxylic acids is 1. The fraction of sp³-hybridized carbons (Fsp3) is 0.647. The number of nitrogens with zero attached hydrogens (tertiary/aromatic N) is 7. The first kappa shape index (κ1) is 16.1.